The fraction of sp³-hybridized carbons (Fsp3) is 0.217. The van der Waals surface area contributed by atoms with Gasteiger partial charge in [-0.15, -0.1) is 0 Å². The van der Waals surface area contributed by atoms with Crippen LogP contribution in [0.3, 0.4) is 0 Å². The van der Waals surface area contributed by atoms with Gasteiger partial charge in [-0.3, -0.25) is 9.69 Å². The van der Waals surface area contributed by atoms with Crippen LogP contribution in [0.1, 0.15) is 22.1 Å². The molecular formula is C23H23FN4O2. The number of amides is 1. The summed E-state index contributed by atoms with van der Waals surface area (Å²) in [6.45, 7) is 2.50. The van der Waals surface area contributed by atoms with Crippen LogP contribution in [0.15, 0.2) is 66.9 Å². The van der Waals surface area contributed by atoms with Gasteiger partial charge >= 0.3 is 0 Å². The van der Waals surface area contributed by atoms with Gasteiger partial charge in [-0.05, 0) is 42.0 Å². The van der Waals surface area contributed by atoms with Gasteiger partial charge in [-0.2, -0.15) is 4.39 Å². The summed E-state index contributed by atoms with van der Waals surface area (Å²) in [4.78, 5) is 18.8. The summed E-state index contributed by atoms with van der Waals surface area (Å²) in [5, 5.41) is 3.12. The molecule has 0 spiro atoms. The molecule has 1 saturated heterocycles. The molecule has 0 bridgehead atoms. The Morgan fingerprint density at radius 3 is 2.50 bits per heavy atom. The number of nitrogens with one attached hydrogen (secondary N) is 1. The van der Waals surface area contributed by atoms with Crippen molar-refractivity contribution in [1.29, 1.82) is 0 Å². The van der Waals surface area contributed by atoms with Crippen molar-refractivity contribution in [2.45, 2.75) is 6.17 Å². The number of carbonyl (C=O) groups excluding carboxylic acids is 1. The van der Waals surface area contributed by atoms with Crippen molar-refractivity contribution in [3.63, 3.8) is 0 Å². The average molecular weight is 406 g/mol. The Morgan fingerprint density at radius 2 is 1.80 bits per heavy atom. The lowest BCUT2D eigenvalue weighted by Crippen LogP contribution is -2.46. The van der Waals surface area contributed by atoms with E-state index in [1.807, 2.05) is 30.3 Å². The number of pyridine rings is 1. The summed E-state index contributed by atoms with van der Waals surface area (Å²) in [5.41, 5.74) is 9.87. The average Bonchev–Trinajstić information content (AvgIpc) is 2.80. The molecule has 3 N–H and O–H groups in total. The van der Waals surface area contributed by atoms with E-state index in [1.165, 1.54) is 12.3 Å². The quantitative estimate of drug-likeness (QED) is 0.502. The number of ether oxygens (including phenoxy) is 1. The number of hydrogen-bond donors (Lipinski definition) is 2. The Labute approximate surface area is 174 Å². The van der Waals surface area contributed by atoms with Gasteiger partial charge in [0, 0.05) is 41.7 Å². The molecule has 2 aromatic carbocycles. The lowest BCUT2D eigenvalue weighted by atomic mass is 10.0. The Bertz CT molecular complexity index is 1010. The zero-order valence-corrected chi connectivity index (χ0v) is 16.4. The molecule has 4 rings (SSSR count). The first kappa shape index (κ1) is 20.0. The van der Waals surface area contributed by atoms with Crippen LogP contribution >= 0.6 is 0 Å². The van der Waals surface area contributed by atoms with Crippen molar-refractivity contribution >= 4 is 11.6 Å². The van der Waals surface area contributed by atoms with E-state index in [1.54, 1.807) is 24.3 Å². The van der Waals surface area contributed by atoms with Crippen LogP contribution in [-0.4, -0.2) is 42.1 Å². The fourth-order valence-electron chi connectivity index (χ4n) is 3.54. The van der Waals surface area contributed by atoms with Crippen molar-refractivity contribution in [2.75, 3.05) is 32.0 Å². The molecule has 154 valence electrons. The Hall–Kier alpha value is -3.29. The van der Waals surface area contributed by atoms with E-state index in [9.17, 15) is 9.18 Å². The Morgan fingerprint density at radius 1 is 1.07 bits per heavy atom. The number of hydrogen-bond acceptors (Lipinski definition) is 5. The van der Waals surface area contributed by atoms with Gasteiger partial charge in [0.25, 0.3) is 5.91 Å². The number of morpholine rings is 1. The minimum atomic E-state index is -0.532. The maximum atomic E-state index is 13.2. The number of carbonyl (C=O) groups is 1. The van der Waals surface area contributed by atoms with Crippen molar-refractivity contribution in [1.82, 2.24) is 15.2 Å². The third-order valence-corrected chi connectivity index (χ3v) is 5.16. The molecule has 1 unspecified atom stereocenters. The van der Waals surface area contributed by atoms with Gasteiger partial charge in [0.05, 0.1) is 13.2 Å². The molecule has 2 heterocycles. The molecule has 0 saturated carbocycles. The third-order valence-electron chi connectivity index (χ3n) is 5.16. The molecule has 1 aromatic heterocycles. The van der Waals surface area contributed by atoms with Crippen LogP contribution in [-0.2, 0) is 4.74 Å². The van der Waals surface area contributed by atoms with Crippen LogP contribution in [0.25, 0.3) is 11.1 Å². The van der Waals surface area contributed by atoms with Gasteiger partial charge in [0.15, 0.2) is 0 Å². The maximum absolute atomic E-state index is 13.2. The normalized spacial score (nSPS) is 15.5. The number of halogens is 1. The lowest BCUT2D eigenvalue weighted by molar-refractivity contribution is 0.00864. The monoisotopic (exact) mass is 406 g/mol. The number of benzene rings is 2. The maximum Gasteiger partial charge on any atom is 0.252 e. The molecule has 1 atom stereocenters. The van der Waals surface area contributed by atoms with Crippen LogP contribution in [0.2, 0.25) is 0 Å². The van der Waals surface area contributed by atoms with Crippen molar-refractivity contribution < 1.29 is 13.9 Å². The topological polar surface area (TPSA) is 80.5 Å². The second-order valence-electron chi connectivity index (χ2n) is 7.10. The lowest BCUT2D eigenvalue weighted by Gasteiger charge is -2.35. The Kier molecular flexibility index (Phi) is 6.02. The second-order valence-corrected chi connectivity index (χ2v) is 7.10. The first-order chi connectivity index (χ1) is 14.6. The molecule has 6 nitrogen and oxygen atoms in total. The molecule has 1 aliphatic rings. The number of anilines is 1. The van der Waals surface area contributed by atoms with E-state index in [0.717, 1.165) is 16.7 Å². The molecule has 0 aliphatic carbocycles. The number of nitrogens with zero attached hydrogens (tertiary/aromatic N) is 2. The van der Waals surface area contributed by atoms with E-state index >= 15 is 0 Å². The molecule has 3 aromatic rings. The van der Waals surface area contributed by atoms with Gasteiger partial charge in [0.1, 0.15) is 6.17 Å². The first-order valence-corrected chi connectivity index (χ1v) is 9.81. The van der Waals surface area contributed by atoms with Crippen LogP contribution in [0.5, 0.6) is 0 Å². The van der Waals surface area contributed by atoms with E-state index in [4.69, 9.17) is 10.5 Å². The largest absolute Gasteiger partial charge is 0.398 e. The minimum absolute atomic E-state index is 0.180. The van der Waals surface area contributed by atoms with Crippen LogP contribution in [0.4, 0.5) is 10.1 Å². The number of rotatable bonds is 5. The summed E-state index contributed by atoms with van der Waals surface area (Å²) in [7, 11) is 0. The SMILES string of the molecule is Nc1ccc(-c2ccc(F)nc2)cc1C(NC(=O)c1ccccc1)N1CCOCC1. The third kappa shape index (κ3) is 4.48. The molecule has 7 heteroatoms. The summed E-state index contributed by atoms with van der Waals surface area (Å²) in [6.07, 6.45) is 1.06. The molecule has 1 fully saturated rings. The predicted octanol–water partition coefficient (Wildman–Crippen LogP) is 3.23. The highest BCUT2D eigenvalue weighted by atomic mass is 19.1. The highest BCUT2D eigenvalue weighted by molar-refractivity contribution is 5.94. The summed E-state index contributed by atoms with van der Waals surface area (Å²) < 4.78 is 18.7. The van der Waals surface area contributed by atoms with E-state index < -0.39 is 12.1 Å². The predicted molar refractivity (Wildman–Crippen MR) is 113 cm³/mol. The van der Waals surface area contributed by atoms with Gasteiger partial charge in [0.2, 0.25) is 5.95 Å². The fourth-order valence-corrected chi connectivity index (χ4v) is 3.54. The minimum Gasteiger partial charge on any atom is -0.398 e. The van der Waals surface area contributed by atoms with E-state index in [2.05, 4.69) is 15.2 Å². The highest BCUT2D eigenvalue weighted by Gasteiger charge is 2.26. The van der Waals surface area contributed by atoms with Gasteiger partial charge in [-0.1, -0.05) is 24.3 Å². The number of aromatic nitrogens is 1. The van der Waals surface area contributed by atoms with E-state index in [0.29, 0.717) is 37.6 Å². The molecule has 30 heavy (non-hydrogen) atoms. The standard InChI is InChI=1S/C23H23FN4O2/c24-21-9-7-18(15-26-21)17-6-8-20(25)19(14-17)22(28-10-12-30-13-11-28)27-23(29)16-4-2-1-3-5-16/h1-9,14-15,22H,10-13,25H2,(H,27,29). The Balaban J connectivity index is 1.69. The second kappa shape index (κ2) is 9.02. The van der Waals surface area contributed by atoms with Crippen molar-refractivity contribution in [3.8, 4) is 11.1 Å². The number of nitrogens with two attached hydrogens (primary N) is 1. The van der Waals surface area contributed by atoms with E-state index in [-0.39, 0.29) is 5.91 Å². The molecule has 0 radical (unpaired) electrons. The molecular weight excluding hydrogens is 383 g/mol. The summed E-state index contributed by atoms with van der Waals surface area (Å²) in [5.74, 6) is -0.712. The first-order valence-electron chi connectivity index (χ1n) is 9.81. The summed E-state index contributed by atoms with van der Waals surface area (Å²) >= 11 is 0. The zero-order chi connectivity index (χ0) is 20.9. The zero-order valence-electron chi connectivity index (χ0n) is 16.4. The smallest absolute Gasteiger partial charge is 0.252 e. The number of nitrogen functional groups attached to an aromatic ring is 1. The van der Waals surface area contributed by atoms with Crippen LogP contribution < -0.4 is 11.1 Å². The van der Waals surface area contributed by atoms with Crippen LogP contribution in [0, 0.1) is 5.95 Å². The highest BCUT2D eigenvalue weighted by Crippen LogP contribution is 2.30. The van der Waals surface area contributed by atoms with Gasteiger partial charge in [-0.25, -0.2) is 4.98 Å². The van der Waals surface area contributed by atoms with Crippen molar-refractivity contribution in [3.05, 3.63) is 83.9 Å². The molecule has 1 amide bonds. The summed E-state index contributed by atoms with van der Waals surface area (Å²) in [6, 6.07) is 17.7. The van der Waals surface area contributed by atoms with Gasteiger partial charge < -0.3 is 15.8 Å². The molecule has 1 aliphatic heterocycles. The van der Waals surface area contributed by atoms with Crippen molar-refractivity contribution in [2.24, 2.45) is 0 Å².